The van der Waals surface area contributed by atoms with E-state index in [0.29, 0.717) is 25.2 Å². The molecule has 1 aliphatic heterocycles. The number of aromatic nitrogens is 1. The van der Waals surface area contributed by atoms with Crippen LogP contribution in [0.4, 0.5) is 5.69 Å². The SMILES string of the molecule is CC1(C)CN(C(=O)Cc2ccc(N)cn2)CC(C)(C)O1. The Morgan fingerprint density at radius 1 is 1.30 bits per heavy atom. The van der Waals surface area contributed by atoms with Gasteiger partial charge in [0.1, 0.15) is 0 Å². The third-order valence-electron chi connectivity index (χ3n) is 3.23. The Bertz CT molecular complexity index is 478. The van der Waals surface area contributed by atoms with Crippen LogP contribution >= 0.6 is 0 Å². The third-order valence-corrected chi connectivity index (χ3v) is 3.23. The highest BCUT2D eigenvalue weighted by Gasteiger charge is 2.39. The molecule has 0 unspecified atom stereocenters. The molecule has 0 atom stereocenters. The van der Waals surface area contributed by atoms with Crippen molar-refractivity contribution in [3.05, 3.63) is 24.0 Å². The molecule has 2 rings (SSSR count). The van der Waals surface area contributed by atoms with E-state index in [4.69, 9.17) is 10.5 Å². The Morgan fingerprint density at radius 2 is 1.90 bits per heavy atom. The van der Waals surface area contributed by atoms with E-state index in [-0.39, 0.29) is 17.1 Å². The van der Waals surface area contributed by atoms with E-state index in [1.54, 1.807) is 18.3 Å². The van der Waals surface area contributed by atoms with Crippen LogP contribution in [0.1, 0.15) is 33.4 Å². The average Bonchev–Trinajstić information content (AvgIpc) is 2.28. The van der Waals surface area contributed by atoms with E-state index in [0.717, 1.165) is 5.69 Å². The number of ether oxygens (including phenoxy) is 1. The van der Waals surface area contributed by atoms with Crippen molar-refractivity contribution in [2.75, 3.05) is 18.8 Å². The lowest BCUT2D eigenvalue weighted by molar-refractivity contribution is -0.187. The molecule has 0 radical (unpaired) electrons. The number of hydrogen-bond donors (Lipinski definition) is 1. The molecule has 110 valence electrons. The van der Waals surface area contributed by atoms with Gasteiger partial charge in [-0.25, -0.2) is 0 Å². The smallest absolute Gasteiger partial charge is 0.228 e. The van der Waals surface area contributed by atoms with Gasteiger partial charge in [-0.1, -0.05) is 0 Å². The lowest BCUT2D eigenvalue weighted by Crippen LogP contribution is -2.58. The van der Waals surface area contributed by atoms with Gasteiger partial charge in [0.15, 0.2) is 0 Å². The van der Waals surface area contributed by atoms with Crippen LogP contribution in [-0.4, -0.2) is 40.1 Å². The van der Waals surface area contributed by atoms with Crippen LogP contribution in [0.15, 0.2) is 18.3 Å². The number of hydrogen-bond acceptors (Lipinski definition) is 4. The number of pyridine rings is 1. The van der Waals surface area contributed by atoms with Crippen LogP contribution in [0, 0.1) is 0 Å². The van der Waals surface area contributed by atoms with Crippen molar-refractivity contribution in [3.63, 3.8) is 0 Å². The number of amides is 1. The molecule has 1 aromatic rings. The zero-order valence-corrected chi connectivity index (χ0v) is 12.6. The number of morpholine rings is 1. The van der Waals surface area contributed by atoms with Gasteiger partial charge in [0.05, 0.1) is 29.5 Å². The maximum atomic E-state index is 12.4. The van der Waals surface area contributed by atoms with E-state index in [9.17, 15) is 4.79 Å². The maximum absolute atomic E-state index is 12.4. The van der Waals surface area contributed by atoms with E-state index in [2.05, 4.69) is 4.98 Å². The Morgan fingerprint density at radius 3 is 2.40 bits per heavy atom. The molecule has 0 aliphatic carbocycles. The second-order valence-electron chi connectivity index (χ2n) is 6.63. The number of carbonyl (C=O) groups excluding carboxylic acids is 1. The summed E-state index contributed by atoms with van der Waals surface area (Å²) in [7, 11) is 0. The lowest BCUT2D eigenvalue weighted by atomic mass is 9.98. The summed E-state index contributed by atoms with van der Waals surface area (Å²) in [5.41, 5.74) is 6.29. The molecule has 5 nitrogen and oxygen atoms in total. The van der Waals surface area contributed by atoms with Gasteiger partial charge < -0.3 is 15.4 Å². The van der Waals surface area contributed by atoms with Gasteiger partial charge in [0, 0.05) is 18.8 Å². The average molecular weight is 277 g/mol. The molecule has 1 saturated heterocycles. The van der Waals surface area contributed by atoms with Crippen molar-refractivity contribution in [1.29, 1.82) is 0 Å². The highest BCUT2D eigenvalue weighted by molar-refractivity contribution is 5.78. The molecule has 5 heteroatoms. The van der Waals surface area contributed by atoms with Gasteiger partial charge >= 0.3 is 0 Å². The van der Waals surface area contributed by atoms with Crippen LogP contribution < -0.4 is 5.73 Å². The number of nitrogen functional groups attached to an aromatic ring is 1. The van der Waals surface area contributed by atoms with Crippen molar-refractivity contribution >= 4 is 11.6 Å². The molecule has 20 heavy (non-hydrogen) atoms. The van der Waals surface area contributed by atoms with Crippen molar-refractivity contribution in [2.45, 2.75) is 45.3 Å². The first kappa shape index (κ1) is 14.8. The number of rotatable bonds is 2. The van der Waals surface area contributed by atoms with Crippen molar-refractivity contribution in [3.8, 4) is 0 Å². The molecular formula is C15H23N3O2. The molecule has 0 bridgehead atoms. The molecular weight excluding hydrogens is 254 g/mol. The van der Waals surface area contributed by atoms with E-state index >= 15 is 0 Å². The topological polar surface area (TPSA) is 68.5 Å². The van der Waals surface area contributed by atoms with Crippen LogP contribution in [0.5, 0.6) is 0 Å². The van der Waals surface area contributed by atoms with Gasteiger partial charge in [-0.05, 0) is 39.8 Å². The van der Waals surface area contributed by atoms with Crippen LogP contribution in [0.3, 0.4) is 0 Å². The number of nitrogens with two attached hydrogens (primary N) is 1. The van der Waals surface area contributed by atoms with Crippen molar-refractivity contribution < 1.29 is 9.53 Å². The largest absolute Gasteiger partial charge is 0.397 e. The molecule has 0 aromatic carbocycles. The Hall–Kier alpha value is -1.62. The van der Waals surface area contributed by atoms with Crippen LogP contribution in [0.2, 0.25) is 0 Å². The second kappa shape index (κ2) is 5.05. The Kier molecular flexibility index (Phi) is 3.73. The summed E-state index contributed by atoms with van der Waals surface area (Å²) in [6.07, 6.45) is 1.88. The fraction of sp³-hybridized carbons (Fsp3) is 0.600. The van der Waals surface area contributed by atoms with Gasteiger partial charge in [0.2, 0.25) is 5.91 Å². The molecule has 2 N–H and O–H groups in total. The van der Waals surface area contributed by atoms with Crippen LogP contribution in [0.25, 0.3) is 0 Å². The highest BCUT2D eigenvalue weighted by atomic mass is 16.5. The minimum absolute atomic E-state index is 0.0757. The molecule has 1 aliphatic rings. The first-order valence-corrected chi connectivity index (χ1v) is 6.85. The molecule has 1 amide bonds. The van der Waals surface area contributed by atoms with E-state index < -0.39 is 0 Å². The zero-order valence-electron chi connectivity index (χ0n) is 12.6. The first-order valence-electron chi connectivity index (χ1n) is 6.85. The number of carbonyl (C=O) groups is 1. The minimum Gasteiger partial charge on any atom is -0.397 e. The van der Waals surface area contributed by atoms with Crippen molar-refractivity contribution in [2.24, 2.45) is 0 Å². The Balaban J connectivity index is 2.07. The molecule has 1 fully saturated rings. The summed E-state index contributed by atoms with van der Waals surface area (Å²) in [4.78, 5) is 18.5. The first-order chi connectivity index (χ1) is 9.17. The van der Waals surface area contributed by atoms with Crippen LogP contribution in [-0.2, 0) is 16.0 Å². The van der Waals surface area contributed by atoms with E-state index in [1.165, 1.54) is 0 Å². The Labute approximate surface area is 120 Å². The summed E-state index contributed by atoms with van der Waals surface area (Å²) in [6.45, 7) is 9.24. The zero-order chi connectivity index (χ0) is 15.0. The summed E-state index contributed by atoms with van der Waals surface area (Å²) < 4.78 is 5.98. The lowest BCUT2D eigenvalue weighted by Gasteiger charge is -2.47. The fourth-order valence-electron chi connectivity index (χ4n) is 2.77. The summed E-state index contributed by atoms with van der Waals surface area (Å²) >= 11 is 0. The second-order valence-corrected chi connectivity index (χ2v) is 6.63. The number of nitrogens with zero attached hydrogens (tertiary/aromatic N) is 2. The molecule has 0 spiro atoms. The quantitative estimate of drug-likeness (QED) is 0.892. The van der Waals surface area contributed by atoms with Gasteiger partial charge in [0.25, 0.3) is 0 Å². The van der Waals surface area contributed by atoms with Crippen molar-refractivity contribution in [1.82, 2.24) is 9.88 Å². The maximum Gasteiger partial charge on any atom is 0.228 e. The molecule has 1 aromatic heterocycles. The fourth-order valence-corrected chi connectivity index (χ4v) is 2.77. The predicted octanol–water partition coefficient (Wildman–Crippen LogP) is 1.62. The predicted molar refractivity (Wildman–Crippen MR) is 78.2 cm³/mol. The summed E-state index contributed by atoms with van der Waals surface area (Å²) in [5, 5.41) is 0. The molecule has 0 saturated carbocycles. The van der Waals surface area contributed by atoms with Gasteiger partial charge in [-0.15, -0.1) is 0 Å². The highest BCUT2D eigenvalue weighted by Crippen LogP contribution is 2.28. The van der Waals surface area contributed by atoms with Gasteiger partial charge in [-0.3, -0.25) is 9.78 Å². The molecule has 2 heterocycles. The summed E-state index contributed by atoms with van der Waals surface area (Å²) in [5.74, 6) is 0.0757. The normalized spacial score (nSPS) is 20.7. The standard InChI is InChI=1S/C15H23N3O2/c1-14(2)9-18(10-15(3,4)20-14)13(19)7-12-6-5-11(16)8-17-12/h5-6,8H,7,9-10,16H2,1-4H3. The third kappa shape index (κ3) is 3.70. The number of anilines is 1. The van der Waals surface area contributed by atoms with Gasteiger partial charge in [-0.2, -0.15) is 0 Å². The van der Waals surface area contributed by atoms with E-state index in [1.807, 2.05) is 32.6 Å². The summed E-state index contributed by atoms with van der Waals surface area (Å²) in [6, 6.07) is 3.56. The monoisotopic (exact) mass is 277 g/mol. The minimum atomic E-state index is -0.327.